The number of fused-ring (bicyclic) bond motifs is 1. The fourth-order valence-electron chi connectivity index (χ4n) is 2.83. The smallest absolute Gasteiger partial charge is 0.168 e. The maximum absolute atomic E-state index is 12.6. The van der Waals surface area contributed by atoms with E-state index in [0.29, 0.717) is 0 Å². The second-order valence-corrected chi connectivity index (χ2v) is 5.35. The Morgan fingerprint density at radius 3 is 2.35 bits per heavy atom. The van der Waals surface area contributed by atoms with Crippen LogP contribution >= 0.6 is 0 Å². The lowest BCUT2D eigenvalue weighted by atomic mass is 10.0. The highest BCUT2D eigenvalue weighted by atomic mass is 16.5. The van der Waals surface area contributed by atoms with Crippen molar-refractivity contribution < 1.29 is 14.3 Å². The Balaban J connectivity index is 2.38. The third kappa shape index (κ3) is 1.71. The second-order valence-electron chi connectivity index (χ2n) is 5.35. The Labute approximate surface area is 118 Å². The van der Waals surface area contributed by atoms with E-state index in [0.717, 1.165) is 46.5 Å². The third-order valence-electron chi connectivity index (χ3n) is 4.19. The van der Waals surface area contributed by atoms with E-state index in [4.69, 9.17) is 9.47 Å². The maximum Gasteiger partial charge on any atom is 0.168 e. The number of aromatic nitrogens is 1. The molecule has 0 N–H and O–H groups in total. The zero-order valence-electron chi connectivity index (χ0n) is 12.3. The first-order valence-corrected chi connectivity index (χ1v) is 6.84. The van der Waals surface area contributed by atoms with Gasteiger partial charge in [-0.1, -0.05) is 0 Å². The molecule has 1 aliphatic carbocycles. The number of nitrogens with zero attached hydrogens (tertiary/aromatic N) is 1. The molecule has 20 heavy (non-hydrogen) atoms. The van der Waals surface area contributed by atoms with Crippen LogP contribution in [-0.4, -0.2) is 24.6 Å². The molecule has 4 heteroatoms. The molecule has 1 heterocycles. The fourth-order valence-corrected chi connectivity index (χ4v) is 2.83. The molecular weight excluding hydrogens is 254 g/mol. The number of hydrogen-bond donors (Lipinski definition) is 0. The molecule has 0 amide bonds. The Morgan fingerprint density at radius 1 is 1.20 bits per heavy atom. The summed E-state index contributed by atoms with van der Waals surface area (Å²) in [6.45, 7) is 1.98. The molecule has 1 aliphatic rings. The summed E-state index contributed by atoms with van der Waals surface area (Å²) in [6.07, 6.45) is 2.00. The number of rotatable bonds is 4. The zero-order valence-corrected chi connectivity index (χ0v) is 12.3. The summed E-state index contributed by atoms with van der Waals surface area (Å²) in [6, 6.07) is 3.75. The van der Waals surface area contributed by atoms with E-state index >= 15 is 0 Å². The Morgan fingerprint density at radius 2 is 1.80 bits per heavy atom. The molecule has 4 nitrogen and oxygen atoms in total. The van der Waals surface area contributed by atoms with Gasteiger partial charge in [0.05, 0.1) is 30.7 Å². The van der Waals surface area contributed by atoms with Crippen LogP contribution in [0.2, 0.25) is 0 Å². The highest BCUT2D eigenvalue weighted by molar-refractivity contribution is 6.14. The van der Waals surface area contributed by atoms with Gasteiger partial charge in [0.15, 0.2) is 5.78 Å². The van der Waals surface area contributed by atoms with Crippen molar-refractivity contribution in [1.29, 1.82) is 0 Å². The van der Waals surface area contributed by atoms with Gasteiger partial charge in [-0.05, 0) is 31.9 Å². The summed E-state index contributed by atoms with van der Waals surface area (Å²) in [5, 5.41) is 0.878. The van der Waals surface area contributed by atoms with Crippen LogP contribution in [0.25, 0.3) is 10.9 Å². The average molecular weight is 273 g/mol. The SMILES string of the molecule is COc1ccc(OC)c2c1c(C(=O)C1CC1)c(C)n2C. The molecule has 0 radical (unpaired) electrons. The Bertz CT molecular complexity index is 696. The zero-order chi connectivity index (χ0) is 14.4. The topological polar surface area (TPSA) is 40.5 Å². The molecular formula is C16H19NO3. The summed E-state index contributed by atoms with van der Waals surface area (Å²) >= 11 is 0. The summed E-state index contributed by atoms with van der Waals surface area (Å²) in [7, 11) is 5.24. The van der Waals surface area contributed by atoms with Crippen LogP contribution in [0.5, 0.6) is 11.5 Å². The molecule has 1 saturated carbocycles. The Kier molecular flexibility index (Phi) is 2.96. The number of Topliss-reactive ketones (excluding diaryl/α,β-unsaturated/α-hetero) is 1. The van der Waals surface area contributed by atoms with Gasteiger partial charge in [0.2, 0.25) is 0 Å². The lowest BCUT2D eigenvalue weighted by Crippen LogP contribution is -2.04. The van der Waals surface area contributed by atoms with E-state index in [1.807, 2.05) is 30.7 Å². The fraction of sp³-hybridized carbons (Fsp3) is 0.438. The van der Waals surface area contributed by atoms with Gasteiger partial charge < -0.3 is 14.0 Å². The average Bonchev–Trinajstić information content (AvgIpc) is 3.26. The lowest BCUT2D eigenvalue weighted by Gasteiger charge is -2.08. The number of methoxy groups -OCH3 is 2. The molecule has 0 spiro atoms. The van der Waals surface area contributed by atoms with Crippen molar-refractivity contribution in [3.05, 3.63) is 23.4 Å². The van der Waals surface area contributed by atoms with Crippen molar-refractivity contribution >= 4 is 16.7 Å². The Hall–Kier alpha value is -1.97. The van der Waals surface area contributed by atoms with Crippen LogP contribution in [0, 0.1) is 12.8 Å². The molecule has 106 valence electrons. The molecule has 0 aliphatic heterocycles. The van der Waals surface area contributed by atoms with Crippen LogP contribution in [0.3, 0.4) is 0 Å². The van der Waals surface area contributed by atoms with Gasteiger partial charge in [0, 0.05) is 18.7 Å². The van der Waals surface area contributed by atoms with E-state index in [-0.39, 0.29) is 11.7 Å². The number of ketones is 1. The first-order chi connectivity index (χ1) is 9.60. The first-order valence-electron chi connectivity index (χ1n) is 6.84. The number of hydrogen-bond acceptors (Lipinski definition) is 3. The van der Waals surface area contributed by atoms with Crippen molar-refractivity contribution in [2.24, 2.45) is 13.0 Å². The lowest BCUT2D eigenvalue weighted by molar-refractivity contribution is 0.0968. The van der Waals surface area contributed by atoms with E-state index < -0.39 is 0 Å². The molecule has 0 atom stereocenters. The summed E-state index contributed by atoms with van der Waals surface area (Å²) in [4.78, 5) is 12.6. The molecule has 2 aromatic rings. The number of carbonyl (C=O) groups is 1. The van der Waals surface area contributed by atoms with E-state index in [1.165, 1.54) is 0 Å². The minimum atomic E-state index is 0.190. The van der Waals surface area contributed by atoms with E-state index in [2.05, 4.69) is 0 Å². The van der Waals surface area contributed by atoms with Crippen LogP contribution in [0.4, 0.5) is 0 Å². The summed E-state index contributed by atoms with van der Waals surface area (Å²) in [5.41, 5.74) is 2.69. The van der Waals surface area contributed by atoms with Crippen LogP contribution in [0.1, 0.15) is 28.9 Å². The molecule has 0 saturated heterocycles. The van der Waals surface area contributed by atoms with Gasteiger partial charge in [-0.2, -0.15) is 0 Å². The first kappa shape index (κ1) is 13.0. The number of benzene rings is 1. The van der Waals surface area contributed by atoms with Crippen LogP contribution < -0.4 is 9.47 Å². The van der Waals surface area contributed by atoms with Gasteiger partial charge in [0.25, 0.3) is 0 Å². The monoisotopic (exact) mass is 273 g/mol. The van der Waals surface area contributed by atoms with Gasteiger partial charge in [0.1, 0.15) is 11.5 Å². The van der Waals surface area contributed by atoms with Crippen molar-refractivity contribution in [2.45, 2.75) is 19.8 Å². The molecule has 1 aromatic carbocycles. The van der Waals surface area contributed by atoms with Crippen molar-refractivity contribution in [2.75, 3.05) is 14.2 Å². The van der Waals surface area contributed by atoms with Crippen molar-refractivity contribution in [1.82, 2.24) is 4.57 Å². The molecule has 0 bridgehead atoms. The summed E-state index contributed by atoms with van der Waals surface area (Å²) < 4.78 is 12.9. The van der Waals surface area contributed by atoms with Crippen molar-refractivity contribution in [3.8, 4) is 11.5 Å². The largest absolute Gasteiger partial charge is 0.496 e. The highest BCUT2D eigenvalue weighted by Crippen LogP contribution is 2.42. The number of aryl methyl sites for hydroxylation is 1. The minimum absolute atomic E-state index is 0.190. The summed E-state index contributed by atoms with van der Waals surface area (Å²) in [5.74, 6) is 1.92. The standard InChI is InChI=1S/C16H19NO3/c1-9-13(16(18)10-5-6-10)14-11(19-3)7-8-12(20-4)15(14)17(9)2/h7-8,10H,5-6H2,1-4H3. The predicted molar refractivity (Wildman–Crippen MR) is 77.8 cm³/mol. The molecule has 3 rings (SSSR count). The van der Waals surface area contributed by atoms with E-state index in [1.54, 1.807) is 14.2 Å². The highest BCUT2D eigenvalue weighted by Gasteiger charge is 2.34. The number of ether oxygens (including phenoxy) is 2. The molecule has 0 unspecified atom stereocenters. The third-order valence-corrected chi connectivity index (χ3v) is 4.19. The van der Waals surface area contributed by atoms with Gasteiger partial charge in [-0.15, -0.1) is 0 Å². The normalized spacial score (nSPS) is 14.6. The van der Waals surface area contributed by atoms with E-state index in [9.17, 15) is 4.79 Å². The van der Waals surface area contributed by atoms with Gasteiger partial charge >= 0.3 is 0 Å². The molecule has 1 fully saturated rings. The van der Waals surface area contributed by atoms with Crippen molar-refractivity contribution in [3.63, 3.8) is 0 Å². The second kappa shape index (κ2) is 4.54. The molecule has 1 aromatic heterocycles. The maximum atomic E-state index is 12.6. The number of carbonyl (C=O) groups excluding carboxylic acids is 1. The van der Waals surface area contributed by atoms with Crippen LogP contribution in [-0.2, 0) is 7.05 Å². The quantitative estimate of drug-likeness (QED) is 0.804. The van der Waals surface area contributed by atoms with Crippen LogP contribution in [0.15, 0.2) is 12.1 Å². The van der Waals surface area contributed by atoms with Gasteiger partial charge in [-0.3, -0.25) is 4.79 Å². The predicted octanol–water partition coefficient (Wildman–Crippen LogP) is 3.10. The minimum Gasteiger partial charge on any atom is -0.496 e. The van der Waals surface area contributed by atoms with Gasteiger partial charge in [-0.25, -0.2) is 0 Å².